The predicted octanol–water partition coefficient (Wildman–Crippen LogP) is 9.58. The number of aromatic nitrogens is 2. The van der Waals surface area contributed by atoms with Crippen molar-refractivity contribution >= 4 is 43.7 Å². The van der Waals surface area contributed by atoms with Crippen molar-refractivity contribution in [2.45, 2.75) is 13.2 Å². The van der Waals surface area contributed by atoms with E-state index in [1.165, 1.54) is 6.08 Å². The van der Waals surface area contributed by atoms with E-state index in [0.717, 1.165) is 25.6 Å². The van der Waals surface area contributed by atoms with Gasteiger partial charge in [0, 0.05) is 38.3 Å². The lowest BCUT2D eigenvalue weighted by atomic mass is 10.1. The van der Waals surface area contributed by atoms with E-state index in [0.29, 0.717) is 40.0 Å². The molecule has 2 heterocycles. The molecule has 0 amide bonds. The minimum absolute atomic E-state index is 0.0638. The summed E-state index contributed by atoms with van der Waals surface area (Å²) in [6, 6.07) is 33.9. The highest BCUT2D eigenvalue weighted by Gasteiger charge is 2.15. The molecule has 6 rings (SSSR count). The van der Waals surface area contributed by atoms with E-state index in [4.69, 9.17) is 18.5 Å². The summed E-state index contributed by atoms with van der Waals surface area (Å²) in [5.41, 5.74) is 4.54. The van der Waals surface area contributed by atoms with Gasteiger partial charge in [0.1, 0.15) is 36.1 Å². The first-order valence-electron chi connectivity index (χ1n) is 13.6. The Balaban J connectivity index is 1.19. The maximum Gasteiger partial charge on any atom is 0.189 e. The number of ketones is 1. The number of hydrogen-bond acceptors (Lipinski definition) is 7. The summed E-state index contributed by atoms with van der Waals surface area (Å²) in [4.78, 5) is 13.2. The largest absolute Gasteiger partial charge is 0.485 e. The summed E-state index contributed by atoms with van der Waals surface area (Å²) in [5.74, 6) is 1.70. The van der Waals surface area contributed by atoms with Crippen LogP contribution >= 0.6 is 31.9 Å². The molecule has 0 aliphatic heterocycles. The van der Waals surface area contributed by atoms with E-state index < -0.39 is 0 Å². The summed E-state index contributed by atoms with van der Waals surface area (Å²) in [5, 5.41) is 8.32. The van der Waals surface area contributed by atoms with E-state index in [9.17, 15) is 4.79 Å². The molecule has 0 spiro atoms. The van der Waals surface area contributed by atoms with Crippen LogP contribution in [0.3, 0.4) is 0 Å². The van der Waals surface area contributed by atoms with Gasteiger partial charge in [-0.25, -0.2) is 0 Å². The van der Waals surface area contributed by atoms with Crippen molar-refractivity contribution in [2.24, 2.45) is 0 Å². The molecule has 0 fully saturated rings. The molecule has 0 aliphatic carbocycles. The van der Waals surface area contributed by atoms with Crippen LogP contribution in [0.15, 0.2) is 133 Å². The van der Waals surface area contributed by atoms with Gasteiger partial charge >= 0.3 is 0 Å². The number of carbonyl (C=O) groups excluding carboxylic acids is 1. The highest BCUT2D eigenvalue weighted by atomic mass is 79.9. The number of halogens is 2. The average Bonchev–Trinajstić information content (AvgIpc) is 3.73. The highest BCUT2D eigenvalue weighted by Crippen LogP contribution is 2.29. The molecular weight excluding hydrogens is 688 g/mol. The van der Waals surface area contributed by atoms with E-state index >= 15 is 0 Å². The lowest BCUT2D eigenvalue weighted by molar-refractivity contribution is 0.104. The van der Waals surface area contributed by atoms with Gasteiger partial charge in [-0.3, -0.25) is 4.79 Å². The summed E-state index contributed by atoms with van der Waals surface area (Å²) >= 11 is 6.88. The number of rotatable bonds is 11. The standard InChI is InChI=1S/C35H24Br2N2O5/c36-26-11-7-24(8-12-26)32-18-29(43-38-32)21-41-28-15-16-31(34(40)17-6-23-4-2-1-3-5-23)35(20-28)42-22-30-19-33(39-44-30)25-9-13-27(37)14-10-25/h1-20H,21-22H2/b17-6+. The summed E-state index contributed by atoms with van der Waals surface area (Å²) < 4.78 is 25.1. The van der Waals surface area contributed by atoms with Gasteiger partial charge in [0.25, 0.3) is 0 Å². The van der Waals surface area contributed by atoms with Gasteiger partial charge in [0.2, 0.25) is 0 Å². The quantitative estimate of drug-likeness (QED) is 0.0977. The molecule has 7 nitrogen and oxygen atoms in total. The maximum absolute atomic E-state index is 13.2. The van der Waals surface area contributed by atoms with E-state index in [2.05, 4.69) is 42.2 Å². The Morgan fingerprint density at radius 1 is 0.682 bits per heavy atom. The van der Waals surface area contributed by atoms with Gasteiger partial charge < -0.3 is 18.5 Å². The topological polar surface area (TPSA) is 87.6 Å². The zero-order valence-electron chi connectivity index (χ0n) is 23.2. The Hall–Kier alpha value is -4.73. The lowest BCUT2D eigenvalue weighted by Crippen LogP contribution is -2.03. The Bertz CT molecular complexity index is 1900. The molecule has 44 heavy (non-hydrogen) atoms. The molecule has 218 valence electrons. The normalized spacial score (nSPS) is 11.1. The van der Waals surface area contributed by atoms with Crippen LogP contribution in [0.1, 0.15) is 27.4 Å². The van der Waals surface area contributed by atoms with Gasteiger partial charge in [0.15, 0.2) is 17.3 Å². The average molecular weight is 712 g/mol. The SMILES string of the molecule is O=C(/C=C/c1ccccc1)c1ccc(OCc2cc(-c3ccc(Br)cc3)no2)cc1OCc1cc(-c2ccc(Br)cc2)no1. The monoisotopic (exact) mass is 710 g/mol. The van der Waals surface area contributed by atoms with Crippen molar-refractivity contribution < 1.29 is 23.3 Å². The van der Waals surface area contributed by atoms with Gasteiger partial charge in [-0.05, 0) is 48.0 Å². The Morgan fingerprint density at radius 2 is 1.25 bits per heavy atom. The molecule has 0 saturated carbocycles. The third-order valence-corrected chi connectivity index (χ3v) is 7.65. The first-order valence-corrected chi connectivity index (χ1v) is 15.2. The van der Waals surface area contributed by atoms with Crippen molar-refractivity contribution in [2.75, 3.05) is 0 Å². The molecule has 0 atom stereocenters. The second-order valence-corrected chi connectivity index (χ2v) is 11.5. The Morgan fingerprint density at radius 3 is 1.84 bits per heavy atom. The summed E-state index contributed by atoms with van der Waals surface area (Å²) in [7, 11) is 0. The second kappa shape index (κ2) is 13.7. The Labute approximate surface area is 270 Å². The van der Waals surface area contributed by atoms with Crippen LogP contribution in [0, 0.1) is 0 Å². The van der Waals surface area contributed by atoms with E-state index in [1.807, 2.05) is 91.0 Å². The van der Waals surface area contributed by atoms with Crippen LogP contribution in [-0.2, 0) is 13.2 Å². The van der Waals surface area contributed by atoms with Crippen LogP contribution in [0.5, 0.6) is 11.5 Å². The van der Waals surface area contributed by atoms with Crippen LogP contribution in [-0.4, -0.2) is 16.1 Å². The zero-order chi connectivity index (χ0) is 30.3. The van der Waals surface area contributed by atoms with Crippen molar-refractivity contribution in [3.05, 3.63) is 147 Å². The molecule has 4 aromatic carbocycles. The molecule has 0 unspecified atom stereocenters. The van der Waals surface area contributed by atoms with Gasteiger partial charge in [-0.1, -0.05) is 103 Å². The van der Waals surface area contributed by atoms with Crippen molar-refractivity contribution in [1.29, 1.82) is 0 Å². The second-order valence-electron chi connectivity index (χ2n) is 9.71. The molecule has 0 radical (unpaired) electrons. The fourth-order valence-corrected chi connectivity index (χ4v) is 4.85. The van der Waals surface area contributed by atoms with Crippen molar-refractivity contribution in [3.63, 3.8) is 0 Å². The van der Waals surface area contributed by atoms with Crippen molar-refractivity contribution in [3.8, 4) is 34.0 Å². The lowest BCUT2D eigenvalue weighted by Gasteiger charge is -2.11. The summed E-state index contributed by atoms with van der Waals surface area (Å²) in [6.07, 6.45) is 3.29. The van der Waals surface area contributed by atoms with Gasteiger partial charge in [0.05, 0.1) is 5.56 Å². The first-order chi connectivity index (χ1) is 21.5. The number of hydrogen-bond donors (Lipinski definition) is 0. The number of carbonyl (C=O) groups is 1. The van der Waals surface area contributed by atoms with Gasteiger partial charge in [-0.2, -0.15) is 0 Å². The van der Waals surface area contributed by atoms with Gasteiger partial charge in [-0.15, -0.1) is 0 Å². The number of allylic oxidation sites excluding steroid dienone is 1. The fraction of sp³-hybridized carbons (Fsp3) is 0.0571. The third kappa shape index (κ3) is 7.42. The van der Waals surface area contributed by atoms with Crippen LogP contribution < -0.4 is 9.47 Å². The summed E-state index contributed by atoms with van der Waals surface area (Å²) in [6.45, 7) is 0.205. The minimum Gasteiger partial charge on any atom is -0.485 e. The number of nitrogens with zero attached hydrogens (tertiary/aromatic N) is 2. The van der Waals surface area contributed by atoms with Crippen LogP contribution in [0.25, 0.3) is 28.6 Å². The first kappa shape index (κ1) is 29.3. The molecule has 0 N–H and O–H groups in total. The number of benzene rings is 4. The minimum atomic E-state index is -0.210. The van der Waals surface area contributed by atoms with Crippen molar-refractivity contribution in [1.82, 2.24) is 10.3 Å². The third-order valence-electron chi connectivity index (χ3n) is 6.59. The predicted molar refractivity (Wildman–Crippen MR) is 174 cm³/mol. The molecule has 9 heteroatoms. The highest BCUT2D eigenvalue weighted by molar-refractivity contribution is 9.10. The molecule has 0 bridgehead atoms. The van der Waals surface area contributed by atoms with Crippen LogP contribution in [0.4, 0.5) is 0 Å². The maximum atomic E-state index is 13.2. The smallest absolute Gasteiger partial charge is 0.189 e. The molecule has 0 aliphatic rings. The fourth-order valence-electron chi connectivity index (χ4n) is 4.32. The number of ether oxygens (including phenoxy) is 2. The molecule has 2 aromatic heterocycles. The molecular formula is C35H24Br2N2O5. The molecule has 0 saturated heterocycles. The zero-order valence-corrected chi connectivity index (χ0v) is 26.3. The Kier molecular flexibility index (Phi) is 9.14. The van der Waals surface area contributed by atoms with E-state index in [-0.39, 0.29) is 19.0 Å². The van der Waals surface area contributed by atoms with Crippen LogP contribution in [0.2, 0.25) is 0 Å². The van der Waals surface area contributed by atoms with E-state index in [1.54, 1.807) is 24.3 Å². The molecule has 6 aromatic rings.